The number of likely N-dealkylation sites (N-methyl/N-ethyl adjacent to an activating group) is 1. The fourth-order valence-corrected chi connectivity index (χ4v) is 4.51. The van der Waals surface area contributed by atoms with Crippen LogP contribution >= 0.6 is 15.9 Å². The van der Waals surface area contributed by atoms with E-state index >= 15 is 0 Å². The summed E-state index contributed by atoms with van der Waals surface area (Å²) in [5, 5.41) is 17.2. The summed E-state index contributed by atoms with van der Waals surface area (Å²) in [5.74, 6) is 0.598. The van der Waals surface area contributed by atoms with Crippen LogP contribution in [0, 0.1) is 5.92 Å². The number of halogens is 1. The van der Waals surface area contributed by atoms with Crippen molar-refractivity contribution < 1.29 is 9.90 Å². The Morgan fingerprint density at radius 3 is 2.85 bits per heavy atom. The smallest absolute Gasteiger partial charge is 0.224 e. The third-order valence-corrected chi connectivity index (χ3v) is 5.84. The average Bonchev–Trinajstić information content (AvgIpc) is 2.94. The lowest BCUT2D eigenvalue weighted by Gasteiger charge is -2.20. The molecule has 1 amide bonds. The highest BCUT2D eigenvalue weighted by Gasteiger charge is 2.19. The number of aromatic nitrogens is 1. The summed E-state index contributed by atoms with van der Waals surface area (Å²) in [6, 6.07) is 5.97. The van der Waals surface area contributed by atoms with Crippen molar-refractivity contribution in [2.24, 2.45) is 5.92 Å². The lowest BCUT2D eigenvalue weighted by molar-refractivity contribution is -0.117. The topological polar surface area (TPSA) is 66.3 Å². The highest BCUT2D eigenvalue weighted by atomic mass is 79.9. The minimum Gasteiger partial charge on any atom is -0.390 e. The van der Waals surface area contributed by atoms with Crippen LogP contribution < -0.4 is 10.6 Å². The summed E-state index contributed by atoms with van der Waals surface area (Å²) in [5.41, 5.74) is 1.81. The zero-order chi connectivity index (χ0) is 18.5. The molecule has 1 heterocycles. The number of rotatable bonds is 7. The number of hydrogen-bond acceptors (Lipinski definition) is 3. The van der Waals surface area contributed by atoms with Gasteiger partial charge in [-0.15, -0.1) is 0 Å². The number of carbonyl (C=O) groups excluding carboxylic acids is 1. The summed E-state index contributed by atoms with van der Waals surface area (Å²) >= 11 is 3.61. The zero-order valence-corrected chi connectivity index (χ0v) is 16.9. The number of hydrogen-bond donors (Lipinski definition) is 3. The zero-order valence-electron chi connectivity index (χ0n) is 15.3. The molecular formula is C20H28BrN3O2. The highest BCUT2D eigenvalue weighted by molar-refractivity contribution is 9.10. The van der Waals surface area contributed by atoms with Crippen LogP contribution in [0.2, 0.25) is 0 Å². The number of fused-ring (bicyclic) bond motifs is 1. The van der Waals surface area contributed by atoms with Gasteiger partial charge in [0, 0.05) is 35.6 Å². The van der Waals surface area contributed by atoms with E-state index in [9.17, 15) is 9.90 Å². The van der Waals surface area contributed by atoms with Gasteiger partial charge in [0.15, 0.2) is 0 Å². The van der Waals surface area contributed by atoms with Crippen molar-refractivity contribution in [3.8, 4) is 0 Å². The molecule has 2 aromatic rings. The van der Waals surface area contributed by atoms with Gasteiger partial charge >= 0.3 is 0 Å². The van der Waals surface area contributed by atoms with Gasteiger partial charge in [-0.25, -0.2) is 0 Å². The molecule has 3 rings (SSSR count). The van der Waals surface area contributed by atoms with Crippen LogP contribution in [0.15, 0.2) is 28.9 Å². The SMILES string of the molecule is CNCC(O)Cn1cc(NC(=O)CC2CCCCC2)c2c(Br)cccc21. The number of nitrogens with one attached hydrogen (secondary N) is 2. The largest absolute Gasteiger partial charge is 0.390 e. The van der Waals surface area contributed by atoms with Gasteiger partial charge in [-0.1, -0.05) is 41.3 Å². The molecule has 1 atom stereocenters. The Morgan fingerprint density at radius 2 is 2.12 bits per heavy atom. The van der Waals surface area contributed by atoms with Crippen molar-refractivity contribution in [3.63, 3.8) is 0 Å². The van der Waals surface area contributed by atoms with Gasteiger partial charge in [-0.2, -0.15) is 0 Å². The molecule has 1 aliphatic carbocycles. The van der Waals surface area contributed by atoms with Gasteiger partial charge in [-0.05, 0) is 37.9 Å². The molecule has 26 heavy (non-hydrogen) atoms. The van der Waals surface area contributed by atoms with E-state index in [0.29, 0.717) is 25.4 Å². The lowest BCUT2D eigenvalue weighted by Crippen LogP contribution is -2.27. The van der Waals surface area contributed by atoms with Crippen molar-refractivity contribution in [2.45, 2.75) is 51.2 Å². The van der Waals surface area contributed by atoms with E-state index in [4.69, 9.17) is 0 Å². The van der Waals surface area contributed by atoms with Crippen molar-refractivity contribution in [2.75, 3.05) is 18.9 Å². The van der Waals surface area contributed by atoms with Gasteiger partial charge in [0.25, 0.3) is 0 Å². The first-order chi connectivity index (χ1) is 12.6. The number of amides is 1. The second-order valence-electron chi connectivity index (χ2n) is 7.30. The quantitative estimate of drug-likeness (QED) is 0.634. The number of benzene rings is 1. The maximum atomic E-state index is 12.6. The third kappa shape index (κ3) is 4.67. The van der Waals surface area contributed by atoms with Crippen molar-refractivity contribution in [1.29, 1.82) is 0 Å². The Kier molecular flexibility index (Phi) is 6.73. The van der Waals surface area contributed by atoms with Gasteiger partial charge in [0.2, 0.25) is 5.91 Å². The van der Waals surface area contributed by atoms with Crippen LogP contribution in [0.4, 0.5) is 5.69 Å². The Balaban J connectivity index is 1.79. The van der Waals surface area contributed by atoms with Crippen LogP contribution in [0.3, 0.4) is 0 Å². The molecule has 0 spiro atoms. The molecule has 5 nitrogen and oxygen atoms in total. The number of aliphatic hydroxyl groups is 1. The first-order valence-electron chi connectivity index (χ1n) is 9.48. The molecule has 0 radical (unpaired) electrons. The van der Waals surface area contributed by atoms with Gasteiger partial charge in [0.05, 0.1) is 17.3 Å². The monoisotopic (exact) mass is 421 g/mol. The van der Waals surface area contributed by atoms with Crippen LogP contribution in [-0.2, 0) is 11.3 Å². The summed E-state index contributed by atoms with van der Waals surface area (Å²) in [4.78, 5) is 12.6. The first kappa shape index (κ1) is 19.4. The average molecular weight is 422 g/mol. The van der Waals surface area contributed by atoms with Crippen molar-refractivity contribution >= 4 is 38.4 Å². The van der Waals surface area contributed by atoms with E-state index in [2.05, 4.69) is 26.6 Å². The predicted molar refractivity (Wildman–Crippen MR) is 109 cm³/mol. The predicted octanol–water partition coefficient (Wildman–Crippen LogP) is 3.89. The lowest BCUT2D eigenvalue weighted by atomic mass is 9.87. The summed E-state index contributed by atoms with van der Waals surface area (Å²) in [7, 11) is 1.82. The van der Waals surface area contributed by atoms with Crippen LogP contribution in [-0.4, -0.2) is 35.3 Å². The Hall–Kier alpha value is -1.37. The molecule has 1 saturated carbocycles. The molecule has 1 fully saturated rings. The molecule has 6 heteroatoms. The molecule has 1 unspecified atom stereocenters. The molecule has 0 saturated heterocycles. The highest BCUT2D eigenvalue weighted by Crippen LogP contribution is 2.33. The molecule has 1 aromatic heterocycles. The maximum absolute atomic E-state index is 12.6. The van der Waals surface area contributed by atoms with Gasteiger partial charge in [-0.3, -0.25) is 4.79 Å². The maximum Gasteiger partial charge on any atom is 0.224 e. The Bertz CT molecular complexity index is 753. The molecule has 3 N–H and O–H groups in total. The molecule has 1 aromatic carbocycles. The van der Waals surface area contributed by atoms with E-state index in [0.717, 1.165) is 33.9 Å². The number of carbonyl (C=O) groups is 1. The standard InChI is InChI=1S/C20H28BrN3O2/c1-22-11-15(25)12-24-13-17(20-16(21)8-5-9-18(20)24)23-19(26)10-14-6-3-2-4-7-14/h5,8-9,13-15,22,25H,2-4,6-7,10-12H2,1H3,(H,23,26). The molecular weight excluding hydrogens is 394 g/mol. The molecule has 1 aliphatic rings. The van der Waals surface area contributed by atoms with Crippen LogP contribution in [0.1, 0.15) is 38.5 Å². The first-order valence-corrected chi connectivity index (χ1v) is 10.3. The Labute approximate surface area is 163 Å². The van der Waals surface area contributed by atoms with E-state index in [1.165, 1.54) is 19.3 Å². The summed E-state index contributed by atoms with van der Waals surface area (Å²) < 4.78 is 2.96. The number of anilines is 1. The number of nitrogens with zero attached hydrogens (tertiary/aromatic N) is 1. The second kappa shape index (κ2) is 9.02. The van der Waals surface area contributed by atoms with E-state index in [-0.39, 0.29) is 5.91 Å². The van der Waals surface area contributed by atoms with Gasteiger partial charge < -0.3 is 20.3 Å². The minimum atomic E-state index is -0.486. The summed E-state index contributed by atoms with van der Waals surface area (Å²) in [6.07, 6.45) is 8.16. The summed E-state index contributed by atoms with van der Waals surface area (Å²) in [6.45, 7) is 1.00. The van der Waals surface area contributed by atoms with Crippen LogP contribution in [0.5, 0.6) is 0 Å². The molecule has 142 valence electrons. The van der Waals surface area contributed by atoms with E-state index in [1.54, 1.807) is 0 Å². The normalized spacial score (nSPS) is 16.7. The minimum absolute atomic E-state index is 0.0856. The Morgan fingerprint density at radius 1 is 1.35 bits per heavy atom. The van der Waals surface area contributed by atoms with Crippen molar-refractivity contribution in [1.82, 2.24) is 9.88 Å². The number of aliphatic hydroxyl groups excluding tert-OH is 1. The fourth-order valence-electron chi connectivity index (χ4n) is 3.94. The van der Waals surface area contributed by atoms with E-state index in [1.807, 2.05) is 36.0 Å². The van der Waals surface area contributed by atoms with E-state index < -0.39 is 6.10 Å². The molecule has 0 bridgehead atoms. The second-order valence-corrected chi connectivity index (χ2v) is 8.15. The van der Waals surface area contributed by atoms with Gasteiger partial charge in [0.1, 0.15) is 0 Å². The molecule has 0 aliphatic heterocycles. The fraction of sp³-hybridized carbons (Fsp3) is 0.550. The van der Waals surface area contributed by atoms with Crippen LogP contribution in [0.25, 0.3) is 10.9 Å². The third-order valence-electron chi connectivity index (χ3n) is 5.18. The van der Waals surface area contributed by atoms with Crippen molar-refractivity contribution in [3.05, 3.63) is 28.9 Å².